The van der Waals surface area contributed by atoms with Crippen LogP contribution in [0, 0.1) is 50.2 Å². The third-order valence-corrected chi connectivity index (χ3v) is 21.4. The Kier molecular flexibility index (Phi) is 16.6. The van der Waals surface area contributed by atoms with E-state index < -0.39 is 166 Å². The molecule has 0 aromatic carbocycles. The molecule has 5 aliphatic carbocycles. The minimum Gasteiger partial charge on any atom is -0.432 e. The zero-order chi connectivity index (χ0) is 55.6. The summed E-state index contributed by atoms with van der Waals surface area (Å²) in [5.74, 6) is -0.271. The van der Waals surface area contributed by atoms with Crippen molar-refractivity contribution in [2.24, 2.45) is 50.2 Å². The van der Waals surface area contributed by atoms with E-state index in [1.54, 1.807) is 0 Å². The first-order chi connectivity index (χ1) is 35.5. The summed E-state index contributed by atoms with van der Waals surface area (Å²) in [5.41, 5.74) is -0.828. The first kappa shape index (κ1) is 59.0. The van der Waals surface area contributed by atoms with Crippen LogP contribution in [0.25, 0.3) is 0 Å². The number of carbonyl (C=O) groups excluding carboxylic acids is 1. The molecule has 0 spiro atoms. The Labute approximate surface area is 444 Å². The zero-order valence-electron chi connectivity index (χ0n) is 45.1. The molecule has 4 heterocycles. The first-order valence-electron chi connectivity index (χ1n) is 27.7. The van der Waals surface area contributed by atoms with Crippen LogP contribution in [0.4, 0.5) is 0 Å². The molecule has 0 unspecified atom stereocenters. The monoisotopic (exact) mass is 1090 g/mol. The summed E-state index contributed by atoms with van der Waals surface area (Å²) in [6.45, 7) is 15.3. The molecule has 0 aromatic heterocycles. The van der Waals surface area contributed by atoms with Gasteiger partial charge >= 0.3 is 5.97 Å². The van der Waals surface area contributed by atoms with Crippen molar-refractivity contribution in [3.63, 3.8) is 0 Å². The summed E-state index contributed by atoms with van der Waals surface area (Å²) >= 11 is 0. The normalized spacial score (nSPS) is 54.0. The van der Waals surface area contributed by atoms with E-state index in [0.717, 1.165) is 44.9 Å². The fourth-order valence-electron chi connectivity index (χ4n) is 16.5. The van der Waals surface area contributed by atoms with Gasteiger partial charge in [0.15, 0.2) is 18.9 Å². The van der Waals surface area contributed by atoms with E-state index in [2.05, 4.69) is 54.5 Å². The predicted molar refractivity (Wildman–Crippen MR) is 261 cm³/mol. The number of fused-ring (bicyclic) bond motifs is 7. The van der Waals surface area contributed by atoms with Crippen LogP contribution in [-0.2, 0) is 42.7 Å². The standard InChI is InChI=1S/C54H88O22/c1-23-32(58)34(60)38(64)44(69-23)74-42-28(22-57)72-46(41(67)37(42)63)75-43-27(21-56)71-45(40(66)36(43)62)73-31-12-13-51(6)29(50(31,4)5)11-14-53(8)30(51)10-9-24-25-19-49(2,3)15-17-54(25,18-16-52(24,53)7)48(68)76-47-39(65)35(61)33(59)26(20-55)70-47/h9,23,25-47,55-67H,10-22H2,1-8H3/t23-,25+,26+,27+,28+,29+,30+,31-,32-,33+,34+,35-,36+,37+,38+,39+,40+,41+,42+,43+,44-,45-,46-,47-,51-,52+,53+,54-/m0/s1. The molecule has 9 rings (SSSR count). The Morgan fingerprint density at radius 3 is 1.66 bits per heavy atom. The third kappa shape index (κ3) is 9.47. The summed E-state index contributed by atoms with van der Waals surface area (Å²) in [4.78, 5) is 14.7. The van der Waals surface area contributed by atoms with Crippen molar-refractivity contribution in [2.75, 3.05) is 19.8 Å². The highest BCUT2D eigenvalue weighted by Gasteiger charge is 2.70. The van der Waals surface area contributed by atoms with Gasteiger partial charge in [-0.25, -0.2) is 0 Å². The second kappa shape index (κ2) is 21.3. The minimum atomic E-state index is -1.91. The maximum atomic E-state index is 14.7. The number of rotatable bonds is 11. The van der Waals surface area contributed by atoms with Crippen LogP contribution in [0.3, 0.4) is 0 Å². The molecule has 22 heteroatoms. The second-order valence-corrected chi connectivity index (χ2v) is 26.3. The predicted octanol–water partition coefficient (Wildman–Crippen LogP) is -1.01. The van der Waals surface area contributed by atoms with E-state index in [1.165, 1.54) is 12.5 Å². The topological polar surface area (TPSA) is 354 Å². The van der Waals surface area contributed by atoms with E-state index >= 15 is 0 Å². The number of carbonyl (C=O) groups is 1. The van der Waals surface area contributed by atoms with Crippen molar-refractivity contribution >= 4 is 5.97 Å². The Bertz CT molecular complexity index is 2090. The largest absolute Gasteiger partial charge is 0.432 e. The lowest BCUT2D eigenvalue weighted by Gasteiger charge is -2.71. The summed E-state index contributed by atoms with van der Waals surface area (Å²) < 4.78 is 47.5. The smallest absolute Gasteiger partial charge is 0.315 e. The highest BCUT2D eigenvalue weighted by Crippen LogP contribution is 2.76. The molecule has 4 saturated carbocycles. The van der Waals surface area contributed by atoms with Crippen LogP contribution >= 0.6 is 0 Å². The number of esters is 1. The zero-order valence-corrected chi connectivity index (χ0v) is 45.1. The van der Waals surface area contributed by atoms with Gasteiger partial charge in [-0.15, -0.1) is 0 Å². The average molecular weight is 1090 g/mol. The number of hydrogen-bond acceptors (Lipinski definition) is 22. The molecular formula is C54H88O22. The fraction of sp³-hybridized carbons (Fsp3) is 0.944. The van der Waals surface area contributed by atoms with E-state index in [4.69, 9.17) is 37.9 Å². The van der Waals surface area contributed by atoms with Crippen LogP contribution in [0.1, 0.15) is 120 Å². The number of allylic oxidation sites excluding steroid dienone is 2. The average Bonchev–Trinajstić information content (AvgIpc) is 3.45. The highest BCUT2D eigenvalue weighted by atomic mass is 16.8. The molecule has 4 saturated heterocycles. The lowest BCUT2D eigenvalue weighted by Crippen LogP contribution is -2.67. The number of aliphatic hydroxyl groups excluding tert-OH is 13. The summed E-state index contributed by atoms with van der Waals surface area (Å²) in [6, 6.07) is 0. The van der Waals surface area contributed by atoms with E-state index in [1.807, 2.05) is 0 Å². The van der Waals surface area contributed by atoms with Gasteiger partial charge in [-0.3, -0.25) is 4.79 Å². The Balaban J connectivity index is 0.879. The van der Waals surface area contributed by atoms with Gasteiger partial charge in [0.1, 0.15) is 91.6 Å². The van der Waals surface area contributed by atoms with Crippen molar-refractivity contribution in [3.05, 3.63) is 11.6 Å². The van der Waals surface area contributed by atoms with Crippen LogP contribution < -0.4 is 0 Å². The second-order valence-electron chi connectivity index (χ2n) is 26.3. The summed E-state index contributed by atoms with van der Waals surface area (Å²) in [7, 11) is 0. The number of ether oxygens (including phenoxy) is 8. The Morgan fingerprint density at radius 2 is 1.07 bits per heavy atom. The van der Waals surface area contributed by atoms with E-state index in [0.29, 0.717) is 19.3 Å². The van der Waals surface area contributed by atoms with Crippen molar-refractivity contribution in [3.8, 4) is 0 Å². The minimum absolute atomic E-state index is 0.0757. The highest BCUT2D eigenvalue weighted by molar-refractivity contribution is 5.79. The molecule has 436 valence electrons. The van der Waals surface area contributed by atoms with Gasteiger partial charge in [-0.2, -0.15) is 0 Å². The molecule has 0 radical (unpaired) electrons. The number of aliphatic hydroxyl groups is 13. The summed E-state index contributed by atoms with van der Waals surface area (Å²) in [6.07, 6.45) is -22.2. The molecule has 8 fully saturated rings. The molecule has 13 N–H and O–H groups in total. The van der Waals surface area contributed by atoms with Gasteiger partial charge < -0.3 is 104 Å². The van der Waals surface area contributed by atoms with Crippen molar-refractivity contribution in [1.29, 1.82) is 0 Å². The molecule has 9 aliphatic rings. The van der Waals surface area contributed by atoms with Gasteiger partial charge in [0, 0.05) is 0 Å². The maximum Gasteiger partial charge on any atom is 0.315 e. The van der Waals surface area contributed by atoms with Gasteiger partial charge in [0.2, 0.25) is 6.29 Å². The van der Waals surface area contributed by atoms with Crippen LogP contribution in [0.15, 0.2) is 11.6 Å². The van der Waals surface area contributed by atoms with Crippen molar-refractivity contribution in [1.82, 2.24) is 0 Å². The molecule has 0 amide bonds. The molecular weight excluding hydrogens is 1000 g/mol. The van der Waals surface area contributed by atoms with Gasteiger partial charge in [-0.1, -0.05) is 60.1 Å². The molecule has 0 bridgehead atoms. The van der Waals surface area contributed by atoms with Crippen LogP contribution in [0.5, 0.6) is 0 Å². The molecule has 76 heavy (non-hydrogen) atoms. The first-order valence-corrected chi connectivity index (χ1v) is 27.7. The lowest BCUT2D eigenvalue weighted by molar-refractivity contribution is -0.382. The SMILES string of the molecule is C[C@@H]1O[C@@H](O[C@H]2[C@H](O)[C@@H](O)[C@H](O[C@H]3[C@H](O)[C@@H](O)[C@H](O[C@H]4CC[C@@]5(C)[C@H](CC[C@]6(C)[C@@H]5CC=C5[C@H]7CC(C)(C)CC[C@]7(C(=O)O[C@@H]7O[C@H](CO)[C@@H](O)[C@H](O)[C@H]7O)CC[C@]56C)C4(C)C)O[C@@H]3CO)O[C@@H]2CO)[C@H](O)[C@H](O)[C@H]1O. The van der Waals surface area contributed by atoms with Gasteiger partial charge in [0.05, 0.1) is 37.4 Å². The molecule has 22 nitrogen and oxygen atoms in total. The molecule has 4 aliphatic heterocycles. The van der Waals surface area contributed by atoms with Crippen molar-refractivity contribution < 1.29 is 109 Å². The maximum absolute atomic E-state index is 14.7. The van der Waals surface area contributed by atoms with E-state index in [9.17, 15) is 71.2 Å². The summed E-state index contributed by atoms with van der Waals surface area (Å²) in [5, 5.41) is 139. The lowest BCUT2D eigenvalue weighted by atomic mass is 9.33. The number of hydrogen-bond donors (Lipinski definition) is 13. The van der Waals surface area contributed by atoms with Gasteiger partial charge in [0.25, 0.3) is 0 Å². The van der Waals surface area contributed by atoms with Gasteiger partial charge in [-0.05, 0) is 116 Å². The molecule has 28 atom stereocenters. The van der Waals surface area contributed by atoms with Crippen LogP contribution in [-0.4, -0.2) is 221 Å². The quantitative estimate of drug-likeness (QED) is 0.0670. The van der Waals surface area contributed by atoms with E-state index in [-0.39, 0.29) is 39.4 Å². The van der Waals surface area contributed by atoms with Crippen LogP contribution in [0.2, 0.25) is 0 Å². The Morgan fingerprint density at radius 1 is 0.553 bits per heavy atom. The fourth-order valence-corrected chi connectivity index (χ4v) is 16.5. The van der Waals surface area contributed by atoms with Crippen molar-refractivity contribution in [2.45, 2.75) is 249 Å². The molecule has 0 aromatic rings. The third-order valence-electron chi connectivity index (χ3n) is 21.4. The Hall–Kier alpha value is -1.59.